The lowest BCUT2D eigenvalue weighted by molar-refractivity contribution is -0.235. The average molecular weight is 811 g/mol. The Kier molecular flexibility index (Phi) is 18.0. The van der Waals surface area contributed by atoms with E-state index in [1.807, 2.05) is 41.5 Å². The third-order valence-corrected chi connectivity index (χ3v) is 7.63. The zero-order chi connectivity index (χ0) is 36.5. The summed E-state index contributed by atoms with van der Waals surface area (Å²) in [5, 5.41) is 10.9. The molecule has 6 aliphatic rings. The highest BCUT2D eigenvalue weighted by molar-refractivity contribution is 9.09. The molecule has 48 heavy (non-hydrogen) atoms. The number of hydrogen-bond acceptors (Lipinski definition) is 14. The zero-order valence-electron chi connectivity index (χ0n) is 29.5. The lowest BCUT2D eigenvalue weighted by Gasteiger charge is -2.28. The summed E-state index contributed by atoms with van der Waals surface area (Å²) in [6.45, 7) is 15.7. The Morgan fingerprint density at radius 2 is 1.19 bits per heavy atom. The molecular formula is C31H50BrFO12S3. The molecule has 1 N–H and O–H groups in total. The fourth-order valence-electron chi connectivity index (χ4n) is 5.72. The molecule has 0 spiro atoms. The van der Waals surface area contributed by atoms with E-state index < -0.39 is 61.2 Å². The molecule has 0 bridgehead atoms. The molecule has 12 nitrogen and oxygen atoms in total. The number of aliphatic hydroxyl groups excluding tert-OH is 1. The van der Waals surface area contributed by atoms with Crippen LogP contribution >= 0.6 is 29.4 Å². The van der Waals surface area contributed by atoms with Gasteiger partial charge in [-0.1, -0.05) is 27.8 Å². The van der Waals surface area contributed by atoms with Crippen molar-refractivity contribution in [3.8, 4) is 24.7 Å². The highest BCUT2D eigenvalue weighted by atomic mass is 79.9. The largest absolute Gasteiger partial charge is 0.387 e. The standard InChI is InChI=1S/C15H22O6.C12H20O6.C3H3Br.CH3F.S2.H2S/c1-6-7-16-11-10(9-8-17-14(2,3)19-9)18-13-12(11)20-15(4,5)21-13;1-11(2)14-5-6(16-11)8-7(13)9-10(15-8)18-12(3,4)17-9;1-2-3-4;2*1-2;/h1,9-13H,7-8H2,2-5H3;6-10,13H,5H2,1-4H3;1H,3H2;1H3;;1H2/t9-,10-,11+,12+,13-;6-,7+,8-,9+,10-;;;;/m11..../s1/i;;;1D;;. The second-order valence-electron chi connectivity index (χ2n) is 12.7. The Morgan fingerprint density at radius 3 is 1.58 bits per heavy atom. The van der Waals surface area contributed by atoms with Gasteiger partial charge in [-0.25, -0.2) is 0 Å². The summed E-state index contributed by atoms with van der Waals surface area (Å²) in [4.78, 5) is 0. The van der Waals surface area contributed by atoms with Crippen LogP contribution in [0.2, 0.25) is 0 Å². The number of fused-ring (bicyclic) bond motifs is 2. The number of terminal acetylenes is 2. The van der Waals surface area contributed by atoms with Crippen LogP contribution in [0.25, 0.3) is 0 Å². The quantitative estimate of drug-likeness (QED) is 0.331. The van der Waals surface area contributed by atoms with Gasteiger partial charge in [0.2, 0.25) is 0 Å². The van der Waals surface area contributed by atoms with Crippen molar-refractivity contribution >= 4 is 51.8 Å². The topological polar surface area (TPSA) is 122 Å². The summed E-state index contributed by atoms with van der Waals surface area (Å²) in [7, 11) is -1.00. The van der Waals surface area contributed by atoms with E-state index in [0.29, 0.717) is 18.5 Å². The second-order valence-corrected chi connectivity index (χ2v) is 13.2. The van der Waals surface area contributed by atoms with Crippen LogP contribution in [-0.2, 0) is 74.5 Å². The molecule has 0 aliphatic carbocycles. The molecule has 10 atom stereocenters. The molecule has 6 saturated heterocycles. The Bertz CT molecular complexity index is 1100. The third kappa shape index (κ3) is 12.2. The van der Waals surface area contributed by atoms with Gasteiger partial charge in [-0.3, -0.25) is 4.39 Å². The molecule has 278 valence electrons. The molecule has 0 unspecified atom stereocenters. The monoisotopic (exact) mass is 809 g/mol. The van der Waals surface area contributed by atoms with E-state index in [0.717, 1.165) is 0 Å². The highest BCUT2D eigenvalue weighted by Crippen LogP contribution is 2.42. The van der Waals surface area contributed by atoms with E-state index in [1.54, 1.807) is 13.8 Å². The van der Waals surface area contributed by atoms with E-state index in [9.17, 15) is 9.50 Å². The molecule has 6 rings (SSSR count). The Labute approximate surface area is 310 Å². The normalized spacial score (nSPS) is 38.6. The van der Waals surface area contributed by atoms with Crippen LogP contribution in [0.15, 0.2) is 0 Å². The summed E-state index contributed by atoms with van der Waals surface area (Å²) in [6.07, 6.45) is 5.81. The fourth-order valence-corrected chi connectivity index (χ4v) is 5.72. The predicted octanol–water partition coefficient (Wildman–Crippen LogP) is 3.12. The number of ether oxygens (including phenoxy) is 11. The molecule has 6 fully saturated rings. The molecule has 0 saturated carbocycles. The van der Waals surface area contributed by atoms with Gasteiger partial charge in [0.15, 0.2) is 35.7 Å². The van der Waals surface area contributed by atoms with Gasteiger partial charge in [-0.05, 0) is 55.4 Å². The first-order chi connectivity index (χ1) is 22.4. The number of hydrogen-bond donors (Lipinski definition) is 1. The minimum Gasteiger partial charge on any atom is -0.387 e. The fraction of sp³-hybridized carbons (Fsp3) is 0.871. The third-order valence-electron chi connectivity index (χ3n) is 7.31. The predicted molar refractivity (Wildman–Crippen MR) is 187 cm³/mol. The van der Waals surface area contributed by atoms with E-state index >= 15 is 0 Å². The molecule has 17 heteroatoms. The van der Waals surface area contributed by atoms with E-state index in [-0.39, 0.29) is 50.6 Å². The summed E-state index contributed by atoms with van der Waals surface area (Å²) in [6, 6.07) is 0. The van der Waals surface area contributed by atoms with Crippen LogP contribution in [0.3, 0.4) is 0 Å². The van der Waals surface area contributed by atoms with Gasteiger partial charge >= 0.3 is 0 Å². The number of rotatable bonds is 4. The van der Waals surface area contributed by atoms with Crippen molar-refractivity contribution < 1.29 is 63.0 Å². The van der Waals surface area contributed by atoms with Crippen LogP contribution in [0.4, 0.5) is 4.39 Å². The van der Waals surface area contributed by atoms with Gasteiger partial charge < -0.3 is 57.2 Å². The van der Waals surface area contributed by atoms with Crippen molar-refractivity contribution in [1.82, 2.24) is 0 Å². The highest BCUT2D eigenvalue weighted by Gasteiger charge is 2.59. The molecule has 0 aromatic heterocycles. The number of halogens is 2. The van der Waals surface area contributed by atoms with Gasteiger partial charge in [0.05, 0.1) is 27.1 Å². The van der Waals surface area contributed by atoms with Crippen molar-refractivity contribution in [1.29, 1.82) is 0 Å². The number of alkyl halides is 2. The minimum atomic E-state index is -1.00. The lowest BCUT2D eigenvalue weighted by atomic mass is 10.1. The smallest absolute Gasteiger partial charge is 0.190 e. The summed E-state index contributed by atoms with van der Waals surface area (Å²) in [5.74, 6) is 2.16. The summed E-state index contributed by atoms with van der Waals surface area (Å²) < 4.78 is 78.4. The van der Waals surface area contributed by atoms with E-state index in [1.165, 1.54) is 0 Å². The van der Waals surface area contributed by atoms with Gasteiger partial charge in [-0.2, -0.15) is 13.5 Å². The molecule has 0 aromatic carbocycles. The summed E-state index contributed by atoms with van der Waals surface area (Å²) in [5.41, 5.74) is 0. The first-order valence-corrected chi connectivity index (χ1v) is 17.3. The first kappa shape index (κ1) is 44.0. The lowest BCUT2D eigenvalue weighted by Crippen LogP contribution is -2.44. The van der Waals surface area contributed by atoms with Crippen molar-refractivity contribution in [2.75, 3.05) is 32.3 Å². The molecule has 0 aromatic rings. The second kappa shape index (κ2) is 19.6. The van der Waals surface area contributed by atoms with Crippen LogP contribution in [0.5, 0.6) is 0 Å². The van der Waals surface area contributed by atoms with Gasteiger partial charge in [0.1, 0.15) is 55.4 Å². The maximum atomic E-state index is 10.3. The van der Waals surface area contributed by atoms with Crippen molar-refractivity contribution in [3.63, 3.8) is 0 Å². The van der Waals surface area contributed by atoms with Crippen LogP contribution in [0.1, 0.15) is 56.8 Å². The Balaban J connectivity index is 0.000000392. The Hall–Kier alpha value is -0.160. The van der Waals surface area contributed by atoms with Crippen molar-refractivity contribution in [2.45, 2.75) is 140 Å². The zero-order valence-corrected chi connectivity index (χ0v) is 32.7. The Morgan fingerprint density at radius 1 is 0.771 bits per heavy atom. The van der Waals surface area contributed by atoms with Crippen molar-refractivity contribution in [2.24, 2.45) is 0 Å². The summed E-state index contributed by atoms with van der Waals surface area (Å²) >= 11 is 10.3. The number of aliphatic hydroxyl groups is 1. The minimum absolute atomic E-state index is 0. The molecular weight excluding hydrogens is 759 g/mol. The van der Waals surface area contributed by atoms with Gasteiger partial charge in [0, 0.05) is 22.4 Å². The van der Waals surface area contributed by atoms with Crippen LogP contribution in [-0.4, -0.2) is 122 Å². The molecule has 0 radical (unpaired) electrons. The van der Waals surface area contributed by atoms with Crippen LogP contribution in [0, 0.1) is 24.7 Å². The van der Waals surface area contributed by atoms with E-state index in [4.69, 9.17) is 66.3 Å². The molecule has 0 amide bonds. The van der Waals surface area contributed by atoms with E-state index in [2.05, 4.69) is 50.1 Å². The molecule has 6 heterocycles. The van der Waals surface area contributed by atoms with Crippen LogP contribution < -0.4 is 0 Å². The average Bonchev–Trinajstić information content (AvgIpc) is 3.82. The molecule has 6 aliphatic heterocycles. The maximum Gasteiger partial charge on any atom is 0.190 e. The SMILES string of the molecule is C#CCBr.C#CCO[C@@H]1[C@@H]2OC(C)(C)O[C@H]2O[C@@H]1[C@H]1COC(C)(C)O1.CC1(C)O[C@H]2O[C@H]([C@H]3COC(C)(C)O3)[C@H](O)[C@@H]2O1.S.S=S.[2H]CF. The van der Waals surface area contributed by atoms with Gasteiger partial charge in [0.25, 0.3) is 0 Å². The van der Waals surface area contributed by atoms with Crippen molar-refractivity contribution in [3.05, 3.63) is 0 Å². The maximum absolute atomic E-state index is 10.3. The first-order valence-electron chi connectivity index (χ1n) is 15.5. The van der Waals surface area contributed by atoms with Gasteiger partial charge in [-0.15, -0.1) is 12.8 Å².